The number of ketones is 1. The topological polar surface area (TPSA) is 29.1 Å². The fourth-order valence-corrected chi connectivity index (χ4v) is 6.16. The normalized spacial score (nSPS) is 20.1. The number of anilines is 1. The fraction of sp³-hybridized carbons (Fsp3) is 0.324. The number of carbonyl (C=O) groups is 1. The molecule has 3 aromatic carbocycles. The molecule has 2 unspecified atom stereocenters. The van der Waals surface area contributed by atoms with Gasteiger partial charge in [0, 0.05) is 24.6 Å². The molecule has 0 radical (unpaired) electrons. The van der Waals surface area contributed by atoms with Crippen molar-refractivity contribution in [3.63, 3.8) is 0 Å². The number of rotatable bonds is 7. The van der Waals surface area contributed by atoms with Gasteiger partial charge in [-0.2, -0.15) is 0 Å². The van der Waals surface area contributed by atoms with E-state index in [1.807, 2.05) is 7.05 Å². The first-order valence-corrected chi connectivity index (χ1v) is 13.5. The standard InChI is InChI=1S/C34H37NO/c1-3-24-21-29-17-14-26(20-25-15-18-30(35-2)19-16-25)23-31(29)34(36)32(22-24)33(27-10-6-4-7-11-27)28-12-8-5-9-13-28/h4-13,15-16,18-19,21,26,32-33,35H,3,14,17,20,22-23H2,1-2H3. The van der Waals surface area contributed by atoms with Crippen molar-refractivity contribution in [3.05, 3.63) is 124 Å². The molecule has 0 aromatic heterocycles. The van der Waals surface area contributed by atoms with Crippen LogP contribution in [0.3, 0.4) is 0 Å². The maximum Gasteiger partial charge on any atom is 0.163 e. The van der Waals surface area contributed by atoms with Crippen molar-refractivity contribution in [2.75, 3.05) is 12.4 Å². The largest absolute Gasteiger partial charge is 0.388 e. The number of hydrogen-bond acceptors (Lipinski definition) is 2. The lowest BCUT2D eigenvalue weighted by Crippen LogP contribution is -2.27. The van der Waals surface area contributed by atoms with Gasteiger partial charge in [0.15, 0.2) is 5.78 Å². The van der Waals surface area contributed by atoms with E-state index in [4.69, 9.17) is 0 Å². The number of nitrogens with one attached hydrogen (secondary N) is 1. The highest BCUT2D eigenvalue weighted by Crippen LogP contribution is 2.44. The van der Waals surface area contributed by atoms with Crippen molar-refractivity contribution in [1.82, 2.24) is 0 Å². The van der Waals surface area contributed by atoms with Gasteiger partial charge in [-0.3, -0.25) is 4.79 Å². The second-order valence-corrected chi connectivity index (χ2v) is 10.4. The molecule has 0 fully saturated rings. The lowest BCUT2D eigenvalue weighted by Gasteiger charge is -2.30. The maximum atomic E-state index is 14.4. The van der Waals surface area contributed by atoms with Crippen molar-refractivity contribution in [2.45, 2.75) is 51.4 Å². The molecule has 3 aromatic rings. The number of Topliss-reactive ketones (excluding diaryl/α,β-unsaturated/α-hetero) is 1. The van der Waals surface area contributed by atoms with E-state index in [9.17, 15) is 4.79 Å². The molecular formula is C34H37NO. The molecule has 2 aliphatic carbocycles. The van der Waals surface area contributed by atoms with Gasteiger partial charge in [-0.15, -0.1) is 0 Å². The van der Waals surface area contributed by atoms with Crippen LogP contribution in [-0.2, 0) is 11.2 Å². The lowest BCUT2D eigenvalue weighted by molar-refractivity contribution is -0.120. The number of benzene rings is 3. The third kappa shape index (κ3) is 5.23. The zero-order chi connectivity index (χ0) is 24.9. The fourth-order valence-electron chi connectivity index (χ4n) is 6.16. The molecule has 5 rings (SSSR count). The van der Waals surface area contributed by atoms with Gasteiger partial charge in [0.25, 0.3) is 0 Å². The molecule has 0 bridgehead atoms. The molecule has 2 atom stereocenters. The predicted molar refractivity (Wildman–Crippen MR) is 150 cm³/mol. The molecule has 184 valence electrons. The van der Waals surface area contributed by atoms with Gasteiger partial charge in [0.2, 0.25) is 0 Å². The number of hydrogen-bond donors (Lipinski definition) is 1. The van der Waals surface area contributed by atoms with E-state index >= 15 is 0 Å². The summed E-state index contributed by atoms with van der Waals surface area (Å²) < 4.78 is 0. The Morgan fingerprint density at radius 1 is 0.861 bits per heavy atom. The molecule has 36 heavy (non-hydrogen) atoms. The van der Waals surface area contributed by atoms with Crippen molar-refractivity contribution in [2.24, 2.45) is 11.8 Å². The van der Waals surface area contributed by atoms with Gasteiger partial charge < -0.3 is 5.32 Å². The van der Waals surface area contributed by atoms with Gasteiger partial charge in [-0.1, -0.05) is 91.4 Å². The Morgan fingerprint density at radius 2 is 1.50 bits per heavy atom. The summed E-state index contributed by atoms with van der Waals surface area (Å²) in [6.45, 7) is 2.24. The third-order valence-corrected chi connectivity index (χ3v) is 8.14. The summed E-state index contributed by atoms with van der Waals surface area (Å²) in [6, 6.07) is 30.1. The van der Waals surface area contributed by atoms with Crippen LogP contribution in [0.4, 0.5) is 5.69 Å². The smallest absolute Gasteiger partial charge is 0.163 e. The Bertz CT molecular complexity index is 1200. The number of allylic oxidation sites excluding steroid dienone is 4. The zero-order valence-corrected chi connectivity index (χ0v) is 21.5. The molecule has 2 heteroatoms. The molecule has 0 saturated heterocycles. The second kappa shape index (κ2) is 11.1. The maximum absolute atomic E-state index is 14.4. The van der Waals surface area contributed by atoms with Crippen molar-refractivity contribution < 1.29 is 4.79 Å². The van der Waals surface area contributed by atoms with Crippen LogP contribution in [0.25, 0.3) is 0 Å². The monoisotopic (exact) mass is 475 g/mol. The summed E-state index contributed by atoms with van der Waals surface area (Å²) in [4.78, 5) is 14.4. The van der Waals surface area contributed by atoms with Crippen molar-refractivity contribution >= 4 is 11.5 Å². The van der Waals surface area contributed by atoms with Crippen LogP contribution in [0, 0.1) is 11.8 Å². The SMILES string of the molecule is CCC1=CC2=C(CC(Cc3ccc(NC)cc3)CC2)C(=O)C(C(c2ccccc2)c2ccccc2)C1. The molecule has 0 spiro atoms. The molecular weight excluding hydrogens is 438 g/mol. The Balaban J connectivity index is 1.47. The summed E-state index contributed by atoms with van der Waals surface area (Å²) in [5.74, 6) is 0.883. The van der Waals surface area contributed by atoms with E-state index < -0.39 is 0 Å². The van der Waals surface area contributed by atoms with Crippen LogP contribution in [0.15, 0.2) is 108 Å². The Hall–Kier alpha value is -3.39. The van der Waals surface area contributed by atoms with E-state index in [-0.39, 0.29) is 11.8 Å². The van der Waals surface area contributed by atoms with Crippen LogP contribution in [0.2, 0.25) is 0 Å². The van der Waals surface area contributed by atoms with Gasteiger partial charge in [-0.25, -0.2) is 0 Å². The van der Waals surface area contributed by atoms with Gasteiger partial charge in [0.05, 0.1) is 0 Å². The first kappa shape index (κ1) is 24.3. The highest BCUT2D eigenvalue weighted by molar-refractivity contribution is 6.00. The minimum absolute atomic E-state index is 0.0659. The van der Waals surface area contributed by atoms with E-state index in [0.29, 0.717) is 11.7 Å². The first-order valence-electron chi connectivity index (χ1n) is 13.5. The Labute approximate surface area is 216 Å². The van der Waals surface area contributed by atoms with Gasteiger partial charge in [0.1, 0.15) is 0 Å². The number of carbonyl (C=O) groups excluding carboxylic acids is 1. The third-order valence-electron chi connectivity index (χ3n) is 8.14. The molecule has 2 nitrogen and oxygen atoms in total. The molecule has 0 heterocycles. The van der Waals surface area contributed by atoms with Crippen LogP contribution in [0.1, 0.15) is 61.6 Å². The predicted octanol–water partition coefficient (Wildman–Crippen LogP) is 8.13. The van der Waals surface area contributed by atoms with Crippen LogP contribution < -0.4 is 5.32 Å². The van der Waals surface area contributed by atoms with E-state index in [1.165, 1.54) is 27.8 Å². The highest BCUT2D eigenvalue weighted by atomic mass is 16.1. The lowest BCUT2D eigenvalue weighted by atomic mass is 9.72. The van der Waals surface area contributed by atoms with Crippen molar-refractivity contribution in [1.29, 1.82) is 0 Å². The summed E-state index contributed by atoms with van der Waals surface area (Å²) in [7, 11) is 1.95. The van der Waals surface area contributed by atoms with Crippen molar-refractivity contribution in [3.8, 4) is 0 Å². The molecule has 2 aliphatic rings. The molecule has 1 N–H and O–H groups in total. The summed E-state index contributed by atoms with van der Waals surface area (Å²) >= 11 is 0. The van der Waals surface area contributed by atoms with Crippen LogP contribution in [0.5, 0.6) is 0 Å². The molecule has 0 saturated carbocycles. The van der Waals surface area contributed by atoms with Gasteiger partial charge >= 0.3 is 0 Å². The van der Waals surface area contributed by atoms with E-state index in [1.54, 1.807) is 0 Å². The summed E-state index contributed by atoms with van der Waals surface area (Å²) in [5.41, 5.74) is 8.79. The van der Waals surface area contributed by atoms with Crippen LogP contribution >= 0.6 is 0 Å². The minimum Gasteiger partial charge on any atom is -0.388 e. The second-order valence-electron chi connectivity index (χ2n) is 10.4. The summed E-state index contributed by atoms with van der Waals surface area (Å²) in [6.07, 6.45) is 8.31. The Kier molecular flexibility index (Phi) is 7.51. The highest BCUT2D eigenvalue weighted by Gasteiger charge is 2.37. The van der Waals surface area contributed by atoms with Gasteiger partial charge in [-0.05, 0) is 84.4 Å². The summed E-state index contributed by atoms with van der Waals surface area (Å²) in [5, 5.41) is 3.20. The molecule has 0 aliphatic heterocycles. The average Bonchev–Trinajstić information content (AvgIpc) is 3.07. The Morgan fingerprint density at radius 3 is 2.08 bits per heavy atom. The van der Waals surface area contributed by atoms with E-state index in [2.05, 4.69) is 103 Å². The van der Waals surface area contributed by atoms with Crippen LogP contribution in [-0.4, -0.2) is 12.8 Å². The minimum atomic E-state index is -0.0674. The molecule has 0 amide bonds. The zero-order valence-electron chi connectivity index (χ0n) is 21.5. The first-order chi connectivity index (χ1) is 17.7. The van der Waals surface area contributed by atoms with E-state index in [0.717, 1.165) is 49.8 Å². The average molecular weight is 476 g/mol. The quantitative estimate of drug-likeness (QED) is 0.374.